The largest absolute Gasteiger partial charge is 0.341 e. The number of nitrogens with two attached hydrogens (primary N) is 1. The molecule has 0 aliphatic carbocycles. The van der Waals surface area contributed by atoms with E-state index in [0.29, 0.717) is 11.1 Å². The van der Waals surface area contributed by atoms with Crippen LogP contribution in [0.2, 0.25) is 5.02 Å². The maximum absolute atomic E-state index is 5.99. The maximum Gasteiger partial charge on any atom is 0.231 e. The van der Waals surface area contributed by atoms with Gasteiger partial charge < -0.3 is 10.6 Å². The molecule has 1 saturated heterocycles. The number of hydrogen-bond donors (Lipinski definition) is 1. The number of piperidine rings is 1. The van der Waals surface area contributed by atoms with Crippen LogP contribution in [0.25, 0.3) is 5.65 Å². The average molecular weight is 252 g/mol. The molecule has 0 spiro atoms. The Morgan fingerprint density at radius 2 is 2.00 bits per heavy atom. The molecule has 2 aromatic rings. The van der Waals surface area contributed by atoms with Crippen molar-refractivity contribution in [3.63, 3.8) is 0 Å². The van der Waals surface area contributed by atoms with E-state index < -0.39 is 0 Å². The topological polar surface area (TPSA) is 59.5 Å². The van der Waals surface area contributed by atoms with E-state index in [2.05, 4.69) is 15.1 Å². The molecule has 0 bridgehead atoms. The predicted octanol–water partition coefficient (Wildman–Crippen LogP) is 1.31. The smallest absolute Gasteiger partial charge is 0.231 e. The Morgan fingerprint density at radius 1 is 1.24 bits per heavy atom. The standard InChI is InChI=1S/C11H14ClN5/c12-8-1-2-10-14-15-11(17(10)7-8)16-5-3-9(13)4-6-16/h1-2,7,9H,3-6,13H2. The van der Waals surface area contributed by atoms with Gasteiger partial charge in [-0.25, -0.2) is 0 Å². The van der Waals surface area contributed by atoms with Crippen LogP contribution in [-0.4, -0.2) is 33.7 Å². The normalized spacial score (nSPS) is 17.9. The van der Waals surface area contributed by atoms with E-state index in [1.807, 2.05) is 22.7 Å². The lowest BCUT2D eigenvalue weighted by atomic mass is 10.1. The maximum atomic E-state index is 5.99. The number of rotatable bonds is 1. The number of halogens is 1. The molecule has 5 nitrogen and oxygen atoms in total. The van der Waals surface area contributed by atoms with E-state index in [0.717, 1.165) is 37.5 Å². The van der Waals surface area contributed by atoms with Crippen LogP contribution >= 0.6 is 11.6 Å². The van der Waals surface area contributed by atoms with E-state index >= 15 is 0 Å². The second-order valence-electron chi connectivity index (χ2n) is 4.40. The molecule has 90 valence electrons. The second kappa shape index (κ2) is 4.16. The molecule has 1 fully saturated rings. The highest BCUT2D eigenvalue weighted by Gasteiger charge is 2.20. The summed E-state index contributed by atoms with van der Waals surface area (Å²) in [6, 6.07) is 4.00. The van der Waals surface area contributed by atoms with Crippen LogP contribution in [-0.2, 0) is 0 Å². The fourth-order valence-electron chi connectivity index (χ4n) is 2.17. The number of nitrogens with zero attached hydrogens (tertiary/aromatic N) is 4. The molecule has 0 aromatic carbocycles. The second-order valence-corrected chi connectivity index (χ2v) is 4.84. The molecule has 6 heteroatoms. The van der Waals surface area contributed by atoms with Gasteiger partial charge in [-0.2, -0.15) is 0 Å². The Hall–Kier alpha value is -1.33. The van der Waals surface area contributed by atoms with Gasteiger partial charge in [-0.3, -0.25) is 4.40 Å². The third kappa shape index (κ3) is 1.96. The van der Waals surface area contributed by atoms with Gasteiger partial charge in [-0.15, -0.1) is 10.2 Å². The summed E-state index contributed by atoms with van der Waals surface area (Å²) in [5.74, 6) is 0.856. The zero-order valence-electron chi connectivity index (χ0n) is 9.38. The highest BCUT2D eigenvalue weighted by atomic mass is 35.5. The summed E-state index contributed by atoms with van der Waals surface area (Å²) in [7, 11) is 0. The van der Waals surface area contributed by atoms with Crippen LogP contribution in [0, 0.1) is 0 Å². The summed E-state index contributed by atoms with van der Waals surface area (Å²) >= 11 is 5.99. The van der Waals surface area contributed by atoms with Crippen LogP contribution in [0.3, 0.4) is 0 Å². The molecule has 0 radical (unpaired) electrons. The molecule has 0 amide bonds. The van der Waals surface area contributed by atoms with Gasteiger partial charge >= 0.3 is 0 Å². The highest BCUT2D eigenvalue weighted by Crippen LogP contribution is 2.20. The third-order valence-electron chi connectivity index (χ3n) is 3.17. The Morgan fingerprint density at radius 3 is 2.76 bits per heavy atom. The van der Waals surface area contributed by atoms with Crippen LogP contribution in [0.4, 0.5) is 5.95 Å². The fourth-order valence-corrected chi connectivity index (χ4v) is 2.33. The first-order valence-corrected chi connectivity index (χ1v) is 6.12. The summed E-state index contributed by atoms with van der Waals surface area (Å²) in [6.45, 7) is 1.85. The van der Waals surface area contributed by atoms with E-state index in [4.69, 9.17) is 17.3 Å². The van der Waals surface area contributed by atoms with Crippen LogP contribution in [0.5, 0.6) is 0 Å². The van der Waals surface area contributed by atoms with E-state index in [9.17, 15) is 0 Å². The van der Waals surface area contributed by atoms with Gasteiger partial charge in [0, 0.05) is 25.3 Å². The van der Waals surface area contributed by atoms with E-state index in [-0.39, 0.29) is 0 Å². The fraction of sp³-hybridized carbons (Fsp3) is 0.455. The zero-order valence-corrected chi connectivity index (χ0v) is 10.1. The van der Waals surface area contributed by atoms with Crippen molar-refractivity contribution in [2.75, 3.05) is 18.0 Å². The van der Waals surface area contributed by atoms with Gasteiger partial charge in [-0.05, 0) is 25.0 Å². The van der Waals surface area contributed by atoms with Crippen molar-refractivity contribution >= 4 is 23.2 Å². The quantitative estimate of drug-likeness (QED) is 0.830. The minimum absolute atomic E-state index is 0.314. The first-order valence-electron chi connectivity index (χ1n) is 5.75. The lowest BCUT2D eigenvalue weighted by Crippen LogP contribution is -2.40. The molecular formula is C11H14ClN5. The predicted molar refractivity (Wildman–Crippen MR) is 67.4 cm³/mol. The number of hydrogen-bond acceptors (Lipinski definition) is 4. The molecule has 1 aliphatic rings. The number of aromatic nitrogens is 3. The molecule has 0 saturated carbocycles. The molecule has 1 aliphatic heterocycles. The summed E-state index contributed by atoms with van der Waals surface area (Å²) in [6.07, 6.45) is 3.84. The lowest BCUT2D eigenvalue weighted by molar-refractivity contribution is 0.494. The number of anilines is 1. The Bertz CT molecular complexity index is 530. The molecule has 17 heavy (non-hydrogen) atoms. The van der Waals surface area contributed by atoms with Crippen LogP contribution in [0.15, 0.2) is 18.3 Å². The third-order valence-corrected chi connectivity index (χ3v) is 3.39. The van der Waals surface area contributed by atoms with Crippen molar-refractivity contribution in [3.8, 4) is 0 Å². The van der Waals surface area contributed by atoms with Gasteiger partial charge in [0.1, 0.15) is 0 Å². The first-order chi connectivity index (χ1) is 8.24. The summed E-state index contributed by atoms with van der Waals surface area (Å²) in [5.41, 5.74) is 6.72. The average Bonchev–Trinajstić information content (AvgIpc) is 2.73. The van der Waals surface area contributed by atoms with Crippen molar-refractivity contribution in [1.29, 1.82) is 0 Å². The highest BCUT2D eigenvalue weighted by molar-refractivity contribution is 6.30. The van der Waals surface area contributed by atoms with Crippen molar-refractivity contribution in [2.24, 2.45) is 5.73 Å². The van der Waals surface area contributed by atoms with Crippen molar-refractivity contribution < 1.29 is 0 Å². The van der Waals surface area contributed by atoms with Gasteiger partial charge in [-0.1, -0.05) is 11.6 Å². The van der Waals surface area contributed by atoms with Crippen molar-refractivity contribution in [2.45, 2.75) is 18.9 Å². The molecule has 3 heterocycles. The Kier molecular flexibility index (Phi) is 2.64. The summed E-state index contributed by atoms with van der Waals surface area (Å²) in [5, 5.41) is 9.05. The van der Waals surface area contributed by atoms with Gasteiger partial charge in [0.05, 0.1) is 5.02 Å². The van der Waals surface area contributed by atoms with Crippen LogP contribution < -0.4 is 10.6 Å². The Balaban J connectivity index is 1.97. The van der Waals surface area contributed by atoms with Gasteiger partial charge in [0.2, 0.25) is 5.95 Å². The molecular weight excluding hydrogens is 238 g/mol. The van der Waals surface area contributed by atoms with Crippen molar-refractivity contribution in [1.82, 2.24) is 14.6 Å². The Labute approximate surface area is 104 Å². The van der Waals surface area contributed by atoms with E-state index in [1.54, 1.807) is 0 Å². The molecule has 0 unspecified atom stereocenters. The first kappa shape index (κ1) is 10.8. The minimum Gasteiger partial charge on any atom is -0.341 e. The molecule has 0 atom stereocenters. The molecule has 3 rings (SSSR count). The monoisotopic (exact) mass is 251 g/mol. The van der Waals surface area contributed by atoms with Crippen LogP contribution in [0.1, 0.15) is 12.8 Å². The molecule has 2 aromatic heterocycles. The van der Waals surface area contributed by atoms with Gasteiger partial charge in [0.15, 0.2) is 5.65 Å². The summed E-state index contributed by atoms with van der Waals surface area (Å²) < 4.78 is 1.93. The van der Waals surface area contributed by atoms with Crippen molar-refractivity contribution in [3.05, 3.63) is 23.4 Å². The molecule has 2 N–H and O–H groups in total. The number of pyridine rings is 1. The lowest BCUT2D eigenvalue weighted by Gasteiger charge is -2.29. The van der Waals surface area contributed by atoms with Gasteiger partial charge in [0.25, 0.3) is 0 Å². The minimum atomic E-state index is 0.314. The van der Waals surface area contributed by atoms with E-state index in [1.165, 1.54) is 0 Å². The summed E-state index contributed by atoms with van der Waals surface area (Å²) in [4.78, 5) is 2.21. The SMILES string of the molecule is NC1CCN(c2nnc3ccc(Cl)cn23)CC1. The zero-order chi connectivity index (χ0) is 11.8. The number of fused-ring (bicyclic) bond motifs is 1.